The van der Waals surface area contributed by atoms with Crippen LogP contribution in [0.25, 0.3) is 0 Å². The van der Waals surface area contributed by atoms with E-state index in [0.717, 1.165) is 5.57 Å². The van der Waals surface area contributed by atoms with Crippen molar-refractivity contribution in [3.05, 3.63) is 11.6 Å². The molecule has 5 aliphatic heterocycles. The Labute approximate surface area is 557 Å². The molecule has 0 bridgehead atoms. The molecule has 0 aromatic carbocycles. The van der Waals surface area contributed by atoms with Crippen LogP contribution >= 0.6 is 0 Å². The van der Waals surface area contributed by atoms with Gasteiger partial charge in [-0.1, -0.05) is 53.2 Å². The van der Waals surface area contributed by atoms with Crippen molar-refractivity contribution in [3.8, 4) is 0 Å². The number of allylic oxidation sites excluding steroid dienone is 2. The second-order valence-electron chi connectivity index (χ2n) is 30.5. The number of hydrogen-bond donors (Lipinski definition) is 15. The number of fused-ring (bicyclic) bond motifs is 7. The molecule has 30 heteroatoms. The molecule has 10 aliphatic rings. The molecule has 4 saturated carbocycles. The second kappa shape index (κ2) is 28.8. The van der Waals surface area contributed by atoms with Crippen molar-refractivity contribution in [2.24, 2.45) is 56.2 Å². The van der Waals surface area contributed by atoms with Crippen LogP contribution in [0.4, 0.5) is 0 Å². The molecule has 36 atom stereocenters. The molecular weight excluding hydrogens is 1270 g/mol. The number of hydrogen-bond acceptors (Lipinski definition) is 30. The highest BCUT2D eigenvalue weighted by molar-refractivity contribution is 5.81. The van der Waals surface area contributed by atoms with Crippen LogP contribution in [0.5, 0.6) is 0 Å². The Bertz CT molecular complexity index is 2740. The number of aliphatic hydroxyl groups excluding tert-OH is 15. The van der Waals surface area contributed by atoms with Gasteiger partial charge in [-0.2, -0.15) is 0 Å². The topological polar surface area (TPSA) is 465 Å². The van der Waals surface area contributed by atoms with Gasteiger partial charge in [-0.15, -0.1) is 0 Å². The molecule has 0 radical (unpaired) electrons. The zero-order chi connectivity index (χ0) is 70.4. The lowest BCUT2D eigenvalue weighted by Crippen LogP contribution is -2.68. The Morgan fingerprint density at radius 1 is 0.531 bits per heavy atom. The minimum absolute atomic E-state index is 0.0685. The number of rotatable bonds is 18. The van der Waals surface area contributed by atoms with Gasteiger partial charge >= 0.3 is 17.9 Å². The van der Waals surface area contributed by atoms with E-state index in [2.05, 4.69) is 26.8 Å². The van der Waals surface area contributed by atoms with Gasteiger partial charge in [0.25, 0.3) is 0 Å². The van der Waals surface area contributed by atoms with Gasteiger partial charge in [-0.25, -0.2) is 0 Å². The van der Waals surface area contributed by atoms with Crippen LogP contribution in [0.3, 0.4) is 0 Å². The standard InChI is InChI=1S/C66H106O30/c1-11-27(2)53(82)92-49-29(4)87-58(52(95-54-46(79)42(75)38(71)28(3)86-54)51(49)94-56-48(81)44(77)40(73)33(24-68)89-56)96-60(84)66-20-18-61(5,59(83)85-10)22-31(66)30-12-13-36-62(6)16-15-37(63(7,26-70)35(62)14-17-65(36,9)64(30,8)19-21-66)91-57-50(45(78)41(74)34(25-69)90-57)93-55-47(80)43(76)39(72)32(23-67)88-55/h12,27-29,31-52,54-58,67-81H,11,13-26H2,1-10H3/t27-,28-,29+,31-,32+,33+,34+,35+,36+,37-,38-,39-,40+,41+,42+,43-,44-,45-,46+,47+,48+,49-,50+,51-,52+,54-,55-,56-,57-,58-,61-,62-,63-,64+,65+,66-/m0/s1. The van der Waals surface area contributed by atoms with E-state index < -0.39 is 242 Å². The molecule has 5 aliphatic carbocycles. The molecule has 550 valence electrons. The van der Waals surface area contributed by atoms with Crippen LogP contribution in [0.15, 0.2) is 11.6 Å². The summed E-state index contributed by atoms with van der Waals surface area (Å²) in [6.07, 6.45) is -37.2. The van der Waals surface area contributed by atoms with Crippen molar-refractivity contribution in [1.29, 1.82) is 0 Å². The Hall–Kier alpha value is -2.81. The van der Waals surface area contributed by atoms with Gasteiger partial charge in [-0.05, 0) is 125 Å². The maximum absolute atomic E-state index is 16.2. The van der Waals surface area contributed by atoms with Crippen LogP contribution in [0, 0.1) is 56.2 Å². The van der Waals surface area contributed by atoms with Crippen LogP contribution in [-0.2, 0) is 71.2 Å². The van der Waals surface area contributed by atoms with Crippen molar-refractivity contribution < 1.29 is 148 Å². The molecule has 96 heavy (non-hydrogen) atoms. The third-order valence-electron chi connectivity index (χ3n) is 25.3. The summed E-state index contributed by atoms with van der Waals surface area (Å²) in [5.41, 5.74) is -4.27. The number of carbonyl (C=O) groups is 3. The lowest BCUT2D eigenvalue weighted by molar-refractivity contribution is -0.385. The van der Waals surface area contributed by atoms with Crippen molar-refractivity contribution in [2.45, 2.75) is 293 Å². The molecule has 0 aromatic rings. The maximum Gasteiger partial charge on any atom is 0.315 e. The monoisotopic (exact) mass is 1380 g/mol. The number of ether oxygens (including phenoxy) is 12. The minimum atomic E-state index is -2.02. The van der Waals surface area contributed by atoms with Gasteiger partial charge < -0.3 is 133 Å². The minimum Gasteiger partial charge on any atom is -0.469 e. The Morgan fingerprint density at radius 2 is 1.05 bits per heavy atom. The average Bonchev–Trinajstić information content (AvgIpc) is 0.675. The van der Waals surface area contributed by atoms with Crippen molar-refractivity contribution in [2.75, 3.05) is 33.5 Å². The predicted octanol–water partition coefficient (Wildman–Crippen LogP) is -2.43. The lowest BCUT2D eigenvalue weighted by Gasteiger charge is -2.71. The van der Waals surface area contributed by atoms with E-state index >= 15 is 4.79 Å². The second-order valence-corrected chi connectivity index (χ2v) is 30.5. The van der Waals surface area contributed by atoms with Gasteiger partial charge in [-0.3, -0.25) is 14.4 Å². The van der Waals surface area contributed by atoms with Gasteiger partial charge in [0, 0.05) is 5.41 Å². The first-order valence-corrected chi connectivity index (χ1v) is 34.2. The third-order valence-corrected chi connectivity index (χ3v) is 25.3. The highest BCUT2D eigenvalue weighted by atomic mass is 16.8. The van der Waals surface area contributed by atoms with E-state index in [1.807, 2.05) is 13.8 Å². The van der Waals surface area contributed by atoms with Crippen LogP contribution in [0.2, 0.25) is 0 Å². The molecule has 5 saturated heterocycles. The normalized spacial score (nSPS) is 52.3. The molecule has 0 amide bonds. The molecule has 0 unspecified atom stereocenters. The van der Waals surface area contributed by atoms with Crippen molar-refractivity contribution in [3.63, 3.8) is 0 Å². The average molecular weight is 1380 g/mol. The van der Waals surface area contributed by atoms with E-state index in [-0.39, 0.29) is 44.1 Å². The molecular formula is C66H106O30. The summed E-state index contributed by atoms with van der Waals surface area (Å²) >= 11 is 0. The van der Waals surface area contributed by atoms with E-state index in [1.165, 1.54) is 21.0 Å². The van der Waals surface area contributed by atoms with Gasteiger partial charge in [0.15, 0.2) is 37.4 Å². The summed E-state index contributed by atoms with van der Waals surface area (Å²) in [4.78, 5) is 44.1. The largest absolute Gasteiger partial charge is 0.469 e. The molecule has 15 N–H and O–H groups in total. The molecule has 0 spiro atoms. The molecule has 5 heterocycles. The lowest BCUT2D eigenvalue weighted by atomic mass is 9.33. The number of methoxy groups -OCH3 is 1. The zero-order valence-electron chi connectivity index (χ0n) is 56.3. The van der Waals surface area contributed by atoms with Crippen molar-refractivity contribution in [1.82, 2.24) is 0 Å². The van der Waals surface area contributed by atoms with Gasteiger partial charge in [0.1, 0.15) is 97.7 Å². The van der Waals surface area contributed by atoms with E-state index in [9.17, 15) is 86.2 Å². The summed E-state index contributed by atoms with van der Waals surface area (Å²) in [5, 5.41) is 163. The van der Waals surface area contributed by atoms with Crippen LogP contribution < -0.4 is 0 Å². The summed E-state index contributed by atoms with van der Waals surface area (Å²) in [5.74, 6) is -3.68. The van der Waals surface area contributed by atoms with Crippen LogP contribution in [0.1, 0.15) is 133 Å². The highest BCUT2D eigenvalue weighted by Crippen LogP contribution is 2.76. The molecule has 9 fully saturated rings. The fourth-order valence-corrected chi connectivity index (χ4v) is 18.7. The summed E-state index contributed by atoms with van der Waals surface area (Å²) in [6, 6.07) is 0. The molecule has 30 nitrogen and oxygen atoms in total. The Morgan fingerprint density at radius 3 is 1.61 bits per heavy atom. The van der Waals surface area contributed by atoms with Crippen LogP contribution in [-0.4, -0.2) is 288 Å². The summed E-state index contributed by atoms with van der Waals surface area (Å²) < 4.78 is 74.1. The van der Waals surface area contributed by atoms with Gasteiger partial charge in [0.05, 0.1) is 68.6 Å². The highest BCUT2D eigenvalue weighted by Gasteiger charge is 2.72. The van der Waals surface area contributed by atoms with E-state index in [0.29, 0.717) is 44.9 Å². The fourth-order valence-electron chi connectivity index (χ4n) is 18.7. The predicted molar refractivity (Wildman–Crippen MR) is 324 cm³/mol. The van der Waals surface area contributed by atoms with E-state index in [1.54, 1.807) is 13.8 Å². The Kier molecular flexibility index (Phi) is 22.7. The number of esters is 3. The number of carbonyl (C=O) groups excluding carboxylic acids is 3. The SMILES string of the molecule is CC[C@H](C)C(=O)O[C@@H]1[C@H](O[C@@H]2O[C@H](CO)[C@@H](O)[C@H](O)[C@H]2O)[C@@H](O[C@@H]2O[C@@H](C)[C@H](O)[C@@H](O)[C@H]2O)[C@H](OC(=O)[C@]23CC[C@](C)(C(=O)OC)C[C@H]2C2=CC[C@@H]4[C@@]5(C)CC[C@H](O[C@@H]6O[C@H](CO)[C@@H](O)[C@H](O)[C@H]6O[C@@H]6O[C@H](CO)[C@H](O)[C@H](O)[C@H]6O)[C@@](C)(CO)[C@@H]5CC[C@@]4(C)[C@]2(C)CC3)O[C@@H]1C. The number of aliphatic hydroxyl groups is 15. The Balaban J connectivity index is 0.976. The van der Waals surface area contributed by atoms with Crippen molar-refractivity contribution >= 4 is 17.9 Å². The fraction of sp³-hybridized carbons (Fsp3) is 0.924. The first-order valence-electron chi connectivity index (χ1n) is 34.2. The first-order chi connectivity index (χ1) is 45.1. The first kappa shape index (κ1) is 75.8. The van der Waals surface area contributed by atoms with Gasteiger partial charge in [0.2, 0.25) is 6.29 Å². The smallest absolute Gasteiger partial charge is 0.315 e. The zero-order valence-corrected chi connectivity index (χ0v) is 56.3. The summed E-state index contributed by atoms with van der Waals surface area (Å²) in [7, 11) is 1.31. The maximum atomic E-state index is 16.2. The summed E-state index contributed by atoms with van der Waals surface area (Å²) in [6.45, 7) is 14.0. The third kappa shape index (κ3) is 12.8. The molecule has 10 rings (SSSR count). The quantitative estimate of drug-likeness (QED) is 0.0294. The van der Waals surface area contributed by atoms with E-state index in [4.69, 9.17) is 56.8 Å². The molecule has 0 aromatic heterocycles.